The minimum Gasteiger partial charge on any atom is -0.490 e. The van der Waals surface area contributed by atoms with Crippen LogP contribution in [0.2, 0.25) is 0 Å². The van der Waals surface area contributed by atoms with Gasteiger partial charge in [0.15, 0.2) is 6.10 Å². The largest absolute Gasteiger partial charge is 0.490 e. The summed E-state index contributed by atoms with van der Waals surface area (Å²) in [6, 6.07) is 16.7. The van der Waals surface area contributed by atoms with Gasteiger partial charge >= 0.3 is 0 Å². The Labute approximate surface area is 306 Å². The molecule has 2 fully saturated rings. The van der Waals surface area contributed by atoms with E-state index in [2.05, 4.69) is 54.5 Å². The lowest BCUT2D eigenvalue weighted by molar-refractivity contribution is -0.158. The van der Waals surface area contributed by atoms with Crippen LogP contribution in [0.1, 0.15) is 73.6 Å². The fourth-order valence-electron chi connectivity index (χ4n) is 6.51. The zero-order chi connectivity index (χ0) is 37.6. The first-order chi connectivity index (χ1) is 24.7. The standard InChI is InChI=1S/C39H53N3O9S/c1-25(7-6-18-42(19-20-52(3,49)50)38(48)37(47)36(46)35(45)33(44)24-43)27-11-10-26(2)28(21-27)22-41-39(15-16-39)32-23-40-17-14-30(32)31-8-4-5-9-34(31)51-29-12-13-29/h4-5,8-11,14,17,21,23,25,29,33,35-37,41,43-47H,6-7,12-13,15-16,18-20,22,24H2,1-3H3/t25?,33-,35+,36-,37-/m0/s1. The first-order valence-corrected chi connectivity index (χ1v) is 20.1. The smallest absolute Gasteiger partial charge is 0.254 e. The van der Waals surface area contributed by atoms with Crippen LogP contribution in [0.5, 0.6) is 5.75 Å². The van der Waals surface area contributed by atoms with Gasteiger partial charge in [-0.1, -0.05) is 43.3 Å². The van der Waals surface area contributed by atoms with Crippen molar-refractivity contribution in [2.24, 2.45) is 0 Å². The minimum absolute atomic E-state index is 0.0889. The maximum Gasteiger partial charge on any atom is 0.254 e. The van der Waals surface area contributed by atoms with E-state index in [9.17, 15) is 33.6 Å². The van der Waals surface area contributed by atoms with Crippen LogP contribution in [-0.4, -0.2) is 112 Å². The van der Waals surface area contributed by atoms with Crippen LogP contribution in [0.3, 0.4) is 0 Å². The Hall–Kier alpha value is -3.43. The van der Waals surface area contributed by atoms with Crippen LogP contribution < -0.4 is 10.1 Å². The highest BCUT2D eigenvalue weighted by molar-refractivity contribution is 7.90. The van der Waals surface area contributed by atoms with Crippen molar-refractivity contribution < 1.29 is 43.5 Å². The summed E-state index contributed by atoms with van der Waals surface area (Å²) in [7, 11) is -3.45. The summed E-state index contributed by atoms with van der Waals surface area (Å²) >= 11 is 0. The zero-order valence-corrected chi connectivity index (χ0v) is 31.0. The Bertz CT molecular complexity index is 1780. The van der Waals surface area contributed by atoms with Crippen molar-refractivity contribution >= 4 is 15.7 Å². The number of pyridine rings is 1. The molecule has 6 N–H and O–H groups in total. The summed E-state index contributed by atoms with van der Waals surface area (Å²) in [4.78, 5) is 18.8. The summed E-state index contributed by atoms with van der Waals surface area (Å²) in [6.45, 7) is 3.84. The Morgan fingerprint density at radius 2 is 1.77 bits per heavy atom. The van der Waals surface area contributed by atoms with Gasteiger partial charge in [0.25, 0.3) is 5.91 Å². The first-order valence-electron chi connectivity index (χ1n) is 18.1. The number of para-hydroxylation sites is 1. The molecule has 5 atom stereocenters. The van der Waals surface area contributed by atoms with Gasteiger partial charge in [0.05, 0.1) is 18.5 Å². The number of nitrogens with one attached hydrogen (secondary N) is 1. The molecule has 1 aromatic heterocycles. The number of hydrogen-bond donors (Lipinski definition) is 6. The van der Waals surface area contributed by atoms with Crippen LogP contribution in [0.25, 0.3) is 11.1 Å². The summed E-state index contributed by atoms with van der Waals surface area (Å²) in [6.07, 6.45) is 2.47. The number of aliphatic hydroxyl groups excluding tert-OH is 5. The maximum absolute atomic E-state index is 13.1. The molecule has 12 nitrogen and oxygen atoms in total. The SMILES string of the molecule is Cc1ccc(C(C)CCCN(CCS(C)(=O)=O)C(=O)[C@@H](O)[C@@H](O)[C@H](O)[C@@H](O)CO)cc1CNC1(c2cnccc2-c2ccccc2OC2CC2)CC1. The number of rotatable bonds is 20. The van der Waals surface area contributed by atoms with Crippen molar-refractivity contribution in [3.05, 3.63) is 83.2 Å². The molecule has 2 aromatic carbocycles. The van der Waals surface area contributed by atoms with E-state index in [0.29, 0.717) is 25.5 Å². The maximum atomic E-state index is 13.1. The molecule has 13 heteroatoms. The van der Waals surface area contributed by atoms with Crippen molar-refractivity contribution in [2.75, 3.05) is 31.7 Å². The predicted octanol–water partition coefficient (Wildman–Crippen LogP) is 2.57. The second-order valence-electron chi connectivity index (χ2n) is 14.5. The number of hydrogen-bond acceptors (Lipinski definition) is 11. The van der Waals surface area contributed by atoms with Gasteiger partial charge in [0.2, 0.25) is 0 Å². The Morgan fingerprint density at radius 1 is 1.04 bits per heavy atom. The third kappa shape index (κ3) is 10.2. The van der Waals surface area contributed by atoms with Crippen LogP contribution in [0, 0.1) is 6.92 Å². The molecule has 284 valence electrons. The molecule has 0 radical (unpaired) electrons. The lowest BCUT2D eigenvalue weighted by atomic mass is 9.92. The van der Waals surface area contributed by atoms with Crippen LogP contribution in [0.15, 0.2) is 60.9 Å². The van der Waals surface area contributed by atoms with Gasteiger partial charge in [0, 0.05) is 49.4 Å². The molecular formula is C39H53N3O9S. The van der Waals surface area contributed by atoms with E-state index in [4.69, 9.17) is 9.84 Å². The van der Waals surface area contributed by atoms with E-state index in [0.717, 1.165) is 70.4 Å². The second-order valence-corrected chi connectivity index (χ2v) is 16.8. The van der Waals surface area contributed by atoms with Gasteiger partial charge in [-0.25, -0.2) is 8.42 Å². The lowest BCUT2D eigenvalue weighted by Crippen LogP contribution is -2.53. The van der Waals surface area contributed by atoms with Gasteiger partial charge in [-0.15, -0.1) is 0 Å². The van der Waals surface area contributed by atoms with E-state index in [-0.39, 0.29) is 30.3 Å². The van der Waals surface area contributed by atoms with Gasteiger partial charge in [-0.05, 0) is 91.3 Å². The van der Waals surface area contributed by atoms with Crippen LogP contribution >= 0.6 is 0 Å². The topological polar surface area (TPSA) is 190 Å². The third-order valence-electron chi connectivity index (χ3n) is 10.3. The highest BCUT2D eigenvalue weighted by Gasteiger charge is 2.46. The number of carbonyl (C=O) groups excluding carboxylic acids is 1. The molecule has 1 unspecified atom stereocenters. The molecule has 0 aliphatic heterocycles. The average Bonchev–Trinajstić information content (AvgIpc) is 4.08. The fraction of sp³-hybridized carbons (Fsp3) is 0.538. The quantitative estimate of drug-likeness (QED) is 0.1000. The number of nitrogens with zero attached hydrogens (tertiary/aromatic N) is 2. The number of amides is 1. The van der Waals surface area contributed by atoms with Gasteiger partial charge in [-0.3, -0.25) is 9.78 Å². The number of ether oxygens (including phenoxy) is 1. The summed E-state index contributed by atoms with van der Waals surface area (Å²) < 4.78 is 30.1. The van der Waals surface area contributed by atoms with Gasteiger partial charge < -0.3 is 40.5 Å². The summed E-state index contributed by atoms with van der Waals surface area (Å²) in [5, 5.41) is 53.4. The second kappa shape index (κ2) is 17.1. The zero-order valence-electron chi connectivity index (χ0n) is 30.2. The molecule has 2 saturated carbocycles. The van der Waals surface area contributed by atoms with Gasteiger partial charge in [-0.2, -0.15) is 0 Å². The minimum atomic E-state index is -3.45. The van der Waals surface area contributed by atoms with E-state index in [1.54, 1.807) is 0 Å². The number of carbonyl (C=O) groups is 1. The summed E-state index contributed by atoms with van der Waals surface area (Å²) in [5.41, 5.74) is 6.61. The molecule has 0 spiro atoms. The normalized spacial score (nSPS) is 18.2. The molecule has 5 rings (SSSR count). The number of aryl methyl sites for hydroxylation is 1. The fourth-order valence-corrected chi connectivity index (χ4v) is 7.06. The molecule has 3 aromatic rings. The Kier molecular flexibility index (Phi) is 13.1. The number of benzene rings is 2. The monoisotopic (exact) mass is 739 g/mol. The Morgan fingerprint density at radius 3 is 2.44 bits per heavy atom. The van der Waals surface area contributed by atoms with Crippen molar-refractivity contribution in [2.45, 2.75) is 101 Å². The lowest BCUT2D eigenvalue weighted by Gasteiger charge is -2.30. The van der Waals surface area contributed by atoms with Crippen molar-refractivity contribution in [1.82, 2.24) is 15.2 Å². The third-order valence-corrected chi connectivity index (χ3v) is 11.2. The molecule has 52 heavy (non-hydrogen) atoms. The number of aromatic nitrogens is 1. The van der Waals surface area contributed by atoms with Crippen molar-refractivity contribution in [3.8, 4) is 16.9 Å². The van der Waals surface area contributed by atoms with Gasteiger partial charge in [0.1, 0.15) is 33.9 Å². The molecule has 0 bridgehead atoms. The van der Waals surface area contributed by atoms with Crippen molar-refractivity contribution in [1.29, 1.82) is 0 Å². The van der Waals surface area contributed by atoms with E-state index in [1.807, 2.05) is 30.6 Å². The Balaban J connectivity index is 1.23. The molecule has 1 heterocycles. The van der Waals surface area contributed by atoms with E-state index in [1.165, 1.54) is 5.56 Å². The van der Waals surface area contributed by atoms with Crippen LogP contribution in [0.4, 0.5) is 0 Å². The first kappa shape index (κ1) is 39.8. The molecule has 2 aliphatic rings. The van der Waals surface area contributed by atoms with E-state index < -0.39 is 46.8 Å². The predicted molar refractivity (Wildman–Crippen MR) is 197 cm³/mol. The molecule has 1 amide bonds. The highest BCUT2D eigenvalue weighted by atomic mass is 32.2. The summed E-state index contributed by atoms with van der Waals surface area (Å²) in [5.74, 6) is -0.331. The highest BCUT2D eigenvalue weighted by Crippen LogP contribution is 2.50. The number of sulfone groups is 1. The molecule has 0 saturated heterocycles. The average molecular weight is 740 g/mol. The number of aliphatic hydroxyl groups is 5. The van der Waals surface area contributed by atoms with Crippen LogP contribution in [-0.2, 0) is 26.7 Å². The molecular weight excluding hydrogens is 687 g/mol. The van der Waals surface area contributed by atoms with Crippen molar-refractivity contribution in [3.63, 3.8) is 0 Å². The van der Waals surface area contributed by atoms with E-state index >= 15 is 0 Å². The molecule has 2 aliphatic carbocycles.